The molecule has 141 heavy (non-hydrogen) atoms. The number of aliphatic hydroxyl groups is 2. The number of thioether (sulfide) groups is 1. The third-order valence-electron chi connectivity index (χ3n) is 25.2. The van der Waals surface area contributed by atoms with E-state index >= 15 is 38.4 Å². The summed E-state index contributed by atoms with van der Waals surface area (Å²) in [5.41, 5.74) is 26.7. The van der Waals surface area contributed by atoms with Crippen molar-refractivity contribution in [1.82, 2.24) is 93.0 Å². The summed E-state index contributed by atoms with van der Waals surface area (Å²) in [6.07, 6.45) is -0.670. The molecule has 3 fully saturated rings. The van der Waals surface area contributed by atoms with Gasteiger partial charge in [0.2, 0.25) is 100 Å². The van der Waals surface area contributed by atoms with Crippen LogP contribution >= 0.6 is 11.8 Å². The van der Waals surface area contributed by atoms with Gasteiger partial charge in [0.15, 0.2) is 5.96 Å². The monoisotopic (exact) mass is 1980 g/mol. The molecule has 0 saturated carbocycles. The molecule has 766 valence electrons. The maximum Gasteiger partial charge on any atom is 0.246 e. The molecule has 17 amide bonds. The van der Waals surface area contributed by atoms with Crippen molar-refractivity contribution in [2.45, 2.75) is 235 Å². The maximum absolute atomic E-state index is 16.3. The molecular weight excluding hydrogens is 1840 g/mol. The van der Waals surface area contributed by atoms with E-state index < -0.39 is 248 Å². The minimum absolute atomic E-state index is 0.0216. The van der Waals surface area contributed by atoms with Crippen LogP contribution < -0.4 is 86.2 Å². The van der Waals surface area contributed by atoms with E-state index in [2.05, 4.69) is 68.5 Å². The van der Waals surface area contributed by atoms with Gasteiger partial charge in [0.05, 0.1) is 38.0 Å². The third-order valence-corrected chi connectivity index (χ3v) is 26.2. The second-order valence-electron chi connectivity index (χ2n) is 36.1. The highest BCUT2D eigenvalue weighted by Crippen LogP contribution is 2.34. The Morgan fingerprint density at radius 3 is 1.79 bits per heavy atom. The number of unbranched alkanes of at least 4 members (excludes halogenated alkanes) is 2. The Bertz CT molecular complexity index is 5450. The van der Waals surface area contributed by atoms with E-state index in [0.717, 1.165) is 36.3 Å². The topological polar surface area (TPSA) is 668 Å². The molecular formula is C96H135N23O21S. The summed E-state index contributed by atoms with van der Waals surface area (Å²) in [5.74, 6) is -17.8. The number of benzene rings is 4. The molecule has 45 heteroatoms. The lowest BCUT2D eigenvalue weighted by Gasteiger charge is -2.36. The number of primary amides is 2. The van der Waals surface area contributed by atoms with Gasteiger partial charge in [-0.05, 0) is 135 Å². The van der Waals surface area contributed by atoms with E-state index in [-0.39, 0.29) is 89.0 Å². The first-order valence-corrected chi connectivity index (χ1v) is 48.6. The highest BCUT2D eigenvalue weighted by Gasteiger charge is 2.47. The van der Waals surface area contributed by atoms with Crippen LogP contribution in [0.5, 0.6) is 11.5 Å². The first kappa shape index (κ1) is 111. The standard InChI is InChI=1S/C96H135N23O21S/c1-10-13-26-74-88(132)107-65(25-19-37-102-96(100)101)84(128)114-73(83(127)104-47-79(99)124)50-141-51-80(125)105-68(40-54-29-33-57(121)34-30-54)91(135)115(7)53(6)82(126)109-70(44-78(98)123)93(137)118-38-20-28-75(118)89(133)112-71(45-97)86(130)110-67(39-52(4)5)94(138)119-48-58(122)42-77(119)90(134)108-66(41-56-46-103-63-23-17-15-21-60(56)63)85(129)113-72(49-120)87(131)111-69(92(136)117(9)76(27-14-11-2)95(139)116(74)8)43-62-61-22-16-18-24-64(61)106-81(62)55-31-35-59(36-32-55)140-12-3/h15-18,21-24,29-36,46,52-53,58,65-77,103,106,120-122H,10-14,19-20,25-28,37-45,47-51,97H2,1-9H3,(H2,98,123)(H2,99,124)(H,104,127)(H,105,125)(H,107,132)(H,108,134)(H,109,126)(H,110,130)(H,111,131)(H,112,133)(H,113,129)(H,114,128)(H4,100,101,102)/t53-,58+,65?,66-,67-,68-,69-,70-,71-,72-,73-,74-,75-,76-,77?/m0/s1. The zero-order chi connectivity index (χ0) is 103. The zero-order valence-electron chi connectivity index (χ0n) is 80.9. The lowest BCUT2D eigenvalue weighted by molar-refractivity contribution is -0.149. The largest absolute Gasteiger partial charge is 0.508 e. The van der Waals surface area contributed by atoms with Crippen LogP contribution in [-0.2, 0) is 101 Å². The molecule has 6 aromatic rings. The minimum Gasteiger partial charge on any atom is -0.508 e. The second-order valence-corrected chi connectivity index (χ2v) is 37.1. The first-order valence-electron chi connectivity index (χ1n) is 47.5. The SMILES string of the molecule is CCCC[C@H]1C(=O)N(C)[C@@H](CCCC)C(=O)NC(CCCNC(=N)N)C(=O)N[C@H](C(=O)NCC(N)=O)CSCC(=O)N[C@@H](Cc2ccc(O)cc2)C(=O)N(C)[C@@H](C)C(=O)N[C@@H](CC(N)=O)C(=O)N2CCC[C@H]2C(=O)N[C@@H](CN)C(=O)N[C@@H](CC(C)C)C(=O)N2C[C@H](O)CC2C(=O)N[C@@H](Cc2c[nH]c3ccccc23)C(=O)N[C@@H](CO)C(=O)N[C@@H](Cc2c(-c3ccc(OCC)cc3)[nH]c3ccccc23)C(=O)N1C. The number of nitrogens with two attached hydrogens (primary N) is 4. The van der Waals surface area contributed by atoms with Crippen molar-refractivity contribution in [2.75, 3.05) is 78.6 Å². The molecule has 15 atom stereocenters. The number of aromatic hydroxyl groups is 1. The molecule has 2 unspecified atom stereocenters. The number of phenols is 1. The number of rotatable bonds is 28. The third kappa shape index (κ3) is 30.5. The Kier molecular flexibility index (Phi) is 41.5. The maximum atomic E-state index is 16.3. The minimum atomic E-state index is -1.94. The number of aliphatic hydroxyl groups excluding tert-OH is 2. The van der Waals surface area contributed by atoms with Crippen LogP contribution in [0, 0.1) is 11.3 Å². The number of hydrogen-bond donors (Lipinski definition) is 21. The number of para-hydroxylation sites is 2. The second kappa shape index (κ2) is 52.9. The van der Waals surface area contributed by atoms with Crippen LogP contribution in [0.2, 0.25) is 0 Å². The molecule has 0 spiro atoms. The van der Waals surface area contributed by atoms with Crippen LogP contribution in [0.1, 0.15) is 142 Å². The van der Waals surface area contributed by atoms with Crippen LogP contribution in [-0.4, -0.2) is 325 Å². The molecule has 2 aromatic heterocycles. The molecule has 3 aliphatic heterocycles. The van der Waals surface area contributed by atoms with Gasteiger partial charge in [0.25, 0.3) is 0 Å². The fourth-order valence-corrected chi connectivity index (χ4v) is 18.3. The summed E-state index contributed by atoms with van der Waals surface area (Å²) < 4.78 is 5.80. The van der Waals surface area contributed by atoms with Crippen molar-refractivity contribution < 1.29 is 102 Å². The Balaban J connectivity index is 1.13. The number of carbonyl (C=O) groups is 17. The summed E-state index contributed by atoms with van der Waals surface area (Å²) in [7, 11) is 3.90. The van der Waals surface area contributed by atoms with Crippen molar-refractivity contribution in [3.63, 3.8) is 0 Å². The Labute approximate surface area is 820 Å². The average molecular weight is 1980 g/mol. The molecule has 9 rings (SSSR count). The molecule has 3 aliphatic rings. The number of ether oxygens (including phenoxy) is 1. The zero-order valence-corrected chi connectivity index (χ0v) is 81.7. The number of nitrogens with one attached hydrogen (secondary N) is 14. The van der Waals surface area contributed by atoms with Crippen LogP contribution in [0.3, 0.4) is 0 Å². The van der Waals surface area contributed by atoms with Crippen molar-refractivity contribution >= 4 is 140 Å². The molecule has 3 saturated heterocycles. The van der Waals surface area contributed by atoms with Gasteiger partial charge < -0.3 is 136 Å². The normalized spacial score (nSPS) is 24.2. The van der Waals surface area contributed by atoms with Gasteiger partial charge in [-0.2, -0.15) is 0 Å². The number of carbonyl (C=O) groups excluding carboxylic acids is 17. The number of phenolic OH excluding ortho intramolecular Hbond substituents is 1. The number of hydrogen-bond acceptors (Lipinski definition) is 24. The predicted octanol–water partition coefficient (Wildman–Crippen LogP) is -1.87. The van der Waals surface area contributed by atoms with Gasteiger partial charge in [-0.1, -0.05) is 102 Å². The highest BCUT2D eigenvalue weighted by atomic mass is 32.2. The Hall–Kier alpha value is -14.0. The number of H-pyrrole nitrogens is 2. The van der Waals surface area contributed by atoms with Gasteiger partial charge in [-0.25, -0.2) is 0 Å². The van der Waals surface area contributed by atoms with Crippen LogP contribution in [0.4, 0.5) is 0 Å². The van der Waals surface area contributed by atoms with E-state index in [1.54, 1.807) is 92.8 Å². The number of nitrogens with zero attached hydrogens (tertiary/aromatic N) is 5. The Morgan fingerprint density at radius 1 is 0.567 bits per heavy atom. The number of amides is 17. The lowest BCUT2D eigenvalue weighted by Crippen LogP contribution is -2.62. The molecule has 25 N–H and O–H groups in total. The first-order chi connectivity index (χ1) is 67.2. The number of guanidine groups is 1. The number of likely N-dealkylation sites (N-methyl/N-ethyl adjacent to an activating group) is 3. The quantitative estimate of drug-likeness (QED) is 0.0145. The lowest BCUT2D eigenvalue weighted by atomic mass is 9.96. The molecule has 5 heterocycles. The summed E-state index contributed by atoms with van der Waals surface area (Å²) in [4.78, 5) is 263. The fourth-order valence-electron chi connectivity index (χ4n) is 17.4. The highest BCUT2D eigenvalue weighted by molar-refractivity contribution is 8.00. The number of fused-ring (bicyclic) bond motifs is 4. The van der Waals surface area contributed by atoms with Crippen LogP contribution in [0.15, 0.2) is 103 Å². The van der Waals surface area contributed by atoms with E-state index in [1.165, 1.54) is 52.3 Å². The summed E-state index contributed by atoms with van der Waals surface area (Å²) in [5, 5.41) is 71.2. The fraction of sp³-hybridized carbons (Fsp3) is 0.521. The summed E-state index contributed by atoms with van der Waals surface area (Å²) in [6.45, 7) is 7.49. The van der Waals surface area contributed by atoms with E-state index in [1.807, 2.05) is 20.8 Å². The van der Waals surface area contributed by atoms with Gasteiger partial charge in [-0.15, -0.1) is 11.8 Å². The molecule has 0 aliphatic carbocycles. The van der Waals surface area contributed by atoms with E-state index in [0.29, 0.717) is 87.8 Å². The summed E-state index contributed by atoms with van der Waals surface area (Å²) in [6, 6.07) is 4.50. The molecule has 4 aromatic carbocycles. The van der Waals surface area contributed by atoms with E-state index in [9.17, 15) is 58.5 Å². The van der Waals surface area contributed by atoms with E-state index in [4.69, 9.17) is 33.1 Å². The van der Waals surface area contributed by atoms with Gasteiger partial charge in [0, 0.05) is 112 Å². The molecule has 44 nitrogen and oxygen atoms in total. The van der Waals surface area contributed by atoms with Gasteiger partial charge >= 0.3 is 0 Å². The molecule has 0 radical (unpaired) electrons. The number of aromatic nitrogens is 2. The number of aromatic amines is 2. The predicted molar refractivity (Wildman–Crippen MR) is 523 cm³/mol. The van der Waals surface area contributed by atoms with Crippen molar-refractivity contribution in [3.8, 4) is 22.8 Å². The van der Waals surface area contributed by atoms with Gasteiger partial charge in [-0.3, -0.25) is 86.9 Å². The van der Waals surface area contributed by atoms with Crippen LogP contribution in [0.25, 0.3) is 33.1 Å². The summed E-state index contributed by atoms with van der Waals surface area (Å²) >= 11 is 0.756. The van der Waals surface area contributed by atoms with Crippen molar-refractivity contribution in [2.24, 2.45) is 28.9 Å². The van der Waals surface area contributed by atoms with Crippen molar-refractivity contribution in [1.29, 1.82) is 5.41 Å². The van der Waals surface area contributed by atoms with Crippen molar-refractivity contribution in [3.05, 3.63) is 120 Å². The Morgan fingerprint density at radius 2 is 1.14 bits per heavy atom. The van der Waals surface area contributed by atoms with Gasteiger partial charge in [0.1, 0.15) is 96.1 Å². The molecule has 0 bridgehead atoms. The smallest absolute Gasteiger partial charge is 0.246 e. The average Bonchev–Trinajstić information content (AvgIpc) is 1.08.